The van der Waals surface area contributed by atoms with Crippen molar-refractivity contribution in [3.05, 3.63) is 47.4 Å². The van der Waals surface area contributed by atoms with Gasteiger partial charge in [-0.25, -0.2) is 14.0 Å². The Balaban J connectivity index is 2.18. The van der Waals surface area contributed by atoms with Crippen LogP contribution in [0.25, 0.3) is 0 Å². The van der Waals surface area contributed by atoms with Gasteiger partial charge in [0.2, 0.25) is 5.88 Å². The molecule has 0 spiro atoms. The number of carbonyl (C=O) groups is 2. The quantitative estimate of drug-likeness (QED) is 0.797. The number of aryl methyl sites for hydroxylation is 1. The fourth-order valence-corrected chi connectivity index (χ4v) is 1.56. The Morgan fingerprint density at radius 2 is 2.00 bits per heavy atom. The van der Waals surface area contributed by atoms with Gasteiger partial charge in [-0.15, -0.1) is 5.10 Å². The second-order valence-corrected chi connectivity index (χ2v) is 3.88. The zero-order chi connectivity index (χ0) is 14.7. The molecule has 6 nitrogen and oxygen atoms in total. The predicted molar refractivity (Wildman–Crippen MR) is 65.9 cm³/mol. The zero-order valence-electron chi connectivity index (χ0n) is 10.8. The van der Waals surface area contributed by atoms with Gasteiger partial charge in [0.1, 0.15) is 11.5 Å². The van der Waals surface area contributed by atoms with E-state index in [9.17, 15) is 14.0 Å². The molecule has 2 aromatic rings. The Bertz CT molecular complexity index is 666. The standard InChI is InChI=1S/C13H11FN2O4/c1-16-10(13(18)19-2)7-11(15-16)20-12(17)8-4-3-5-9(14)6-8/h3-7H,1-2H3. The monoisotopic (exact) mass is 278 g/mol. The number of methoxy groups -OCH3 is 1. The number of hydrogen-bond acceptors (Lipinski definition) is 5. The number of ether oxygens (including phenoxy) is 2. The zero-order valence-corrected chi connectivity index (χ0v) is 10.8. The minimum Gasteiger partial charge on any atom is -0.464 e. The summed E-state index contributed by atoms with van der Waals surface area (Å²) in [6.45, 7) is 0. The summed E-state index contributed by atoms with van der Waals surface area (Å²) in [6.07, 6.45) is 0. The van der Waals surface area contributed by atoms with Gasteiger partial charge in [0.25, 0.3) is 0 Å². The smallest absolute Gasteiger partial charge is 0.356 e. The van der Waals surface area contributed by atoms with Gasteiger partial charge in [-0.1, -0.05) is 6.07 Å². The average molecular weight is 278 g/mol. The van der Waals surface area contributed by atoms with Crippen molar-refractivity contribution < 1.29 is 23.5 Å². The van der Waals surface area contributed by atoms with Crippen molar-refractivity contribution >= 4 is 11.9 Å². The first-order valence-corrected chi connectivity index (χ1v) is 5.61. The number of rotatable bonds is 3. The topological polar surface area (TPSA) is 70.4 Å². The Morgan fingerprint density at radius 1 is 1.25 bits per heavy atom. The van der Waals surface area contributed by atoms with E-state index in [0.29, 0.717) is 0 Å². The second kappa shape index (κ2) is 5.52. The first kappa shape index (κ1) is 13.7. The van der Waals surface area contributed by atoms with Crippen LogP contribution in [0.4, 0.5) is 4.39 Å². The molecule has 0 saturated carbocycles. The lowest BCUT2D eigenvalue weighted by molar-refractivity contribution is 0.0587. The van der Waals surface area contributed by atoms with Gasteiger partial charge in [0, 0.05) is 13.1 Å². The van der Waals surface area contributed by atoms with E-state index >= 15 is 0 Å². The van der Waals surface area contributed by atoms with Crippen molar-refractivity contribution in [2.24, 2.45) is 7.05 Å². The van der Waals surface area contributed by atoms with Crippen molar-refractivity contribution in [2.75, 3.05) is 7.11 Å². The van der Waals surface area contributed by atoms with E-state index in [1.54, 1.807) is 0 Å². The molecular formula is C13H11FN2O4. The first-order chi connectivity index (χ1) is 9.51. The molecule has 0 fully saturated rings. The second-order valence-electron chi connectivity index (χ2n) is 3.88. The largest absolute Gasteiger partial charge is 0.464 e. The van der Waals surface area contributed by atoms with Crippen molar-refractivity contribution in [1.82, 2.24) is 9.78 Å². The van der Waals surface area contributed by atoms with Crippen LogP contribution in [0, 0.1) is 5.82 Å². The molecule has 0 N–H and O–H groups in total. The van der Waals surface area contributed by atoms with E-state index in [4.69, 9.17) is 4.74 Å². The third-order valence-electron chi connectivity index (χ3n) is 2.51. The van der Waals surface area contributed by atoms with Gasteiger partial charge in [-0.3, -0.25) is 4.68 Å². The Morgan fingerprint density at radius 3 is 2.65 bits per heavy atom. The van der Waals surface area contributed by atoms with Crippen LogP contribution in [0.5, 0.6) is 5.88 Å². The van der Waals surface area contributed by atoms with Gasteiger partial charge in [-0.2, -0.15) is 0 Å². The van der Waals surface area contributed by atoms with E-state index in [1.165, 1.54) is 43.1 Å². The highest BCUT2D eigenvalue weighted by atomic mass is 19.1. The lowest BCUT2D eigenvalue weighted by Gasteiger charge is -2.00. The molecule has 0 saturated heterocycles. The van der Waals surface area contributed by atoms with E-state index in [0.717, 1.165) is 6.07 Å². The summed E-state index contributed by atoms with van der Waals surface area (Å²) in [5, 5.41) is 3.85. The molecule has 1 heterocycles. The lowest BCUT2D eigenvalue weighted by atomic mass is 10.2. The maximum atomic E-state index is 13.0. The van der Waals surface area contributed by atoms with Crippen LogP contribution >= 0.6 is 0 Å². The molecule has 0 aliphatic heterocycles. The van der Waals surface area contributed by atoms with Crippen LogP contribution in [-0.4, -0.2) is 28.8 Å². The SMILES string of the molecule is COC(=O)c1cc(OC(=O)c2cccc(F)c2)nn1C. The average Bonchev–Trinajstić information content (AvgIpc) is 2.78. The number of nitrogens with zero attached hydrogens (tertiary/aromatic N) is 2. The number of esters is 2. The van der Waals surface area contributed by atoms with E-state index < -0.39 is 17.8 Å². The number of aromatic nitrogens is 2. The summed E-state index contributed by atoms with van der Waals surface area (Å²) in [7, 11) is 2.74. The van der Waals surface area contributed by atoms with Crippen LogP contribution in [0.2, 0.25) is 0 Å². The summed E-state index contributed by atoms with van der Waals surface area (Å²) < 4.78 is 23.7. The predicted octanol–water partition coefficient (Wildman–Crippen LogP) is 1.56. The number of carbonyl (C=O) groups excluding carboxylic acids is 2. The Hall–Kier alpha value is -2.70. The van der Waals surface area contributed by atoms with Crippen molar-refractivity contribution in [2.45, 2.75) is 0 Å². The molecule has 1 aromatic heterocycles. The van der Waals surface area contributed by atoms with Gasteiger partial charge in [0.15, 0.2) is 0 Å². The van der Waals surface area contributed by atoms with Crippen LogP contribution in [0.3, 0.4) is 0 Å². The van der Waals surface area contributed by atoms with Crippen LogP contribution in [0.15, 0.2) is 30.3 Å². The van der Waals surface area contributed by atoms with E-state index in [-0.39, 0.29) is 17.1 Å². The minimum atomic E-state index is -0.765. The number of hydrogen-bond donors (Lipinski definition) is 0. The summed E-state index contributed by atoms with van der Waals surface area (Å²) in [5.41, 5.74) is 0.185. The van der Waals surface area contributed by atoms with Crippen molar-refractivity contribution in [3.8, 4) is 5.88 Å². The minimum absolute atomic E-state index is 0.0512. The fraction of sp³-hybridized carbons (Fsp3) is 0.154. The first-order valence-electron chi connectivity index (χ1n) is 5.61. The Kier molecular flexibility index (Phi) is 3.79. The van der Waals surface area contributed by atoms with E-state index in [2.05, 4.69) is 9.84 Å². The van der Waals surface area contributed by atoms with Gasteiger partial charge in [0.05, 0.1) is 12.7 Å². The normalized spacial score (nSPS) is 10.2. The third kappa shape index (κ3) is 2.82. The highest BCUT2D eigenvalue weighted by molar-refractivity contribution is 5.91. The number of benzene rings is 1. The maximum Gasteiger partial charge on any atom is 0.356 e. The third-order valence-corrected chi connectivity index (χ3v) is 2.51. The molecule has 0 aliphatic carbocycles. The molecule has 0 unspecified atom stereocenters. The highest BCUT2D eigenvalue weighted by Crippen LogP contribution is 2.14. The fourth-order valence-electron chi connectivity index (χ4n) is 1.56. The van der Waals surface area contributed by atoms with Crippen molar-refractivity contribution in [1.29, 1.82) is 0 Å². The molecule has 0 bridgehead atoms. The van der Waals surface area contributed by atoms with Crippen LogP contribution < -0.4 is 4.74 Å². The number of halogens is 1. The molecule has 0 aliphatic rings. The van der Waals surface area contributed by atoms with E-state index in [1.807, 2.05) is 0 Å². The lowest BCUT2D eigenvalue weighted by Crippen LogP contribution is -2.09. The molecule has 0 amide bonds. The molecule has 0 atom stereocenters. The summed E-state index contributed by atoms with van der Waals surface area (Å²) in [4.78, 5) is 23.1. The van der Waals surface area contributed by atoms with Crippen LogP contribution in [-0.2, 0) is 11.8 Å². The molecule has 104 valence electrons. The molecule has 0 radical (unpaired) electrons. The summed E-state index contributed by atoms with van der Waals surface area (Å²) >= 11 is 0. The summed E-state index contributed by atoms with van der Waals surface area (Å²) in [6, 6.07) is 6.34. The molecule has 20 heavy (non-hydrogen) atoms. The van der Waals surface area contributed by atoms with Crippen LogP contribution in [0.1, 0.15) is 20.8 Å². The molecule has 1 aromatic carbocycles. The molecule has 2 rings (SSSR count). The van der Waals surface area contributed by atoms with Crippen molar-refractivity contribution in [3.63, 3.8) is 0 Å². The van der Waals surface area contributed by atoms with Gasteiger partial charge in [-0.05, 0) is 18.2 Å². The maximum absolute atomic E-state index is 13.0. The van der Waals surface area contributed by atoms with Gasteiger partial charge >= 0.3 is 11.9 Å². The summed E-state index contributed by atoms with van der Waals surface area (Å²) in [5.74, 6) is -1.98. The highest BCUT2D eigenvalue weighted by Gasteiger charge is 2.17. The Labute approximate surface area is 113 Å². The molecular weight excluding hydrogens is 267 g/mol. The van der Waals surface area contributed by atoms with Gasteiger partial charge < -0.3 is 9.47 Å². The molecule has 7 heteroatoms.